The third-order valence-electron chi connectivity index (χ3n) is 0. The molecule has 32 valence electrons. The van der Waals surface area contributed by atoms with Crippen molar-refractivity contribution in [3.05, 3.63) is 0 Å². The van der Waals surface area contributed by atoms with Gasteiger partial charge in [0, 0.05) is 17.1 Å². The molecule has 0 spiro atoms. The van der Waals surface area contributed by atoms with Crippen LogP contribution in [0, 0.1) is 0 Å². The fraction of sp³-hybridized carbons (Fsp3) is 0. The van der Waals surface area contributed by atoms with Gasteiger partial charge in [-0.25, -0.2) is 0 Å². The average Bonchev–Trinajstić information content (AvgIpc) is 1.50. The standard InChI is InChI=1S/Bi.Cu.2O.Pb. The maximum atomic E-state index is 8.39. The van der Waals surface area contributed by atoms with Crippen LogP contribution >= 0.6 is 0 Å². The second-order valence-corrected chi connectivity index (χ2v) is 0. The molecule has 5 heavy (non-hydrogen) atoms. The Morgan fingerprint density at radius 1 is 1.20 bits per heavy atom. The van der Waals surface area contributed by atoms with E-state index in [0.717, 1.165) is 0 Å². The zero-order valence-corrected chi connectivity index (χ0v) is 10.4. The van der Waals surface area contributed by atoms with Gasteiger partial charge in [-0.15, -0.1) is 0 Å². The van der Waals surface area contributed by atoms with Gasteiger partial charge in [0.2, 0.25) is 0 Å². The van der Waals surface area contributed by atoms with Gasteiger partial charge in [-0.1, -0.05) is 0 Å². The molecule has 0 aromatic carbocycles. The summed E-state index contributed by atoms with van der Waals surface area (Å²) in [5.74, 6) is 0. The van der Waals surface area contributed by atoms with E-state index in [9.17, 15) is 0 Å². The van der Waals surface area contributed by atoms with Gasteiger partial charge in [0.25, 0.3) is 0 Å². The Balaban J connectivity index is -0.0000000133. The second-order valence-electron chi connectivity index (χ2n) is 0. The summed E-state index contributed by atoms with van der Waals surface area (Å²) in [6.07, 6.45) is 0. The van der Waals surface area contributed by atoms with Gasteiger partial charge in [0.1, 0.15) is 0 Å². The molecule has 0 saturated heterocycles. The number of rotatable bonds is 0. The van der Waals surface area contributed by atoms with Crippen molar-refractivity contribution in [3.63, 3.8) is 0 Å². The Bertz CT molecular complexity index is 11.6. The summed E-state index contributed by atoms with van der Waals surface area (Å²) in [5, 5.41) is 0. The van der Waals surface area contributed by atoms with Crippen LogP contribution in [0.15, 0.2) is 0 Å². The SMILES string of the molecule is [Cu].[O]=[Bi].[O]=[Pb]. The monoisotopic (exact) mass is 512 g/mol. The van der Waals surface area contributed by atoms with Crippen molar-refractivity contribution in [3.8, 4) is 0 Å². The molecular weight excluding hydrogens is 512 g/mol. The molecule has 0 aliphatic rings. The summed E-state index contributed by atoms with van der Waals surface area (Å²) < 4.78 is 16.8. The van der Waals surface area contributed by atoms with Crippen LogP contribution in [-0.4, -0.2) is 50.5 Å². The molecule has 0 N–H and O–H groups in total. The van der Waals surface area contributed by atoms with Crippen molar-refractivity contribution in [2.45, 2.75) is 0 Å². The van der Waals surface area contributed by atoms with E-state index in [0.29, 0.717) is 0 Å². The summed E-state index contributed by atoms with van der Waals surface area (Å²) in [7, 11) is 0. The first kappa shape index (κ1) is 15.8. The molecule has 0 aliphatic carbocycles. The van der Waals surface area contributed by atoms with Crippen molar-refractivity contribution >= 4 is 50.5 Å². The third-order valence-corrected chi connectivity index (χ3v) is 0. The molecule has 0 heterocycles. The molecule has 0 aliphatic heterocycles. The fourth-order valence-electron chi connectivity index (χ4n) is 0. The molecule has 0 fully saturated rings. The summed E-state index contributed by atoms with van der Waals surface area (Å²) in [4.78, 5) is 0. The Hall–Kier alpha value is 1.92. The van der Waals surface area contributed by atoms with E-state index in [1.54, 1.807) is 0 Å². The van der Waals surface area contributed by atoms with Gasteiger partial charge in [0.15, 0.2) is 0 Å². The van der Waals surface area contributed by atoms with E-state index >= 15 is 0 Å². The molecule has 0 atom stereocenters. The van der Waals surface area contributed by atoms with E-state index in [1.807, 2.05) is 0 Å². The van der Waals surface area contributed by atoms with E-state index < -0.39 is 0 Å². The van der Waals surface area contributed by atoms with E-state index in [2.05, 4.69) is 0 Å². The minimum atomic E-state index is 0. The first-order valence-electron chi connectivity index (χ1n) is 0.387. The van der Waals surface area contributed by atoms with Gasteiger partial charge in [-0.2, -0.15) is 0 Å². The van der Waals surface area contributed by atoms with Gasteiger partial charge in [-0.05, 0) is 0 Å². The van der Waals surface area contributed by atoms with Gasteiger partial charge in [-0.3, -0.25) is 0 Å². The molecule has 0 saturated carbocycles. The average molecular weight is 512 g/mol. The van der Waals surface area contributed by atoms with Gasteiger partial charge >= 0.3 is 56.0 Å². The summed E-state index contributed by atoms with van der Waals surface area (Å²) in [6, 6.07) is 0. The van der Waals surface area contributed by atoms with Crippen LogP contribution in [0.3, 0.4) is 0 Å². The zero-order valence-electron chi connectivity index (χ0n) is 2.07. The maximum absolute atomic E-state index is 8.39. The predicted molar refractivity (Wildman–Crippen MR) is 12.9 cm³/mol. The van der Waals surface area contributed by atoms with Crippen molar-refractivity contribution in [1.29, 1.82) is 0 Å². The molecule has 4 radical (unpaired) electrons. The minimum absolute atomic E-state index is 0. The normalized spacial score (nSPS) is 1.60. The summed E-state index contributed by atoms with van der Waals surface area (Å²) in [5.41, 5.74) is 0. The molecule has 5 heteroatoms. The van der Waals surface area contributed by atoms with E-state index in [-0.39, 0.29) is 67.6 Å². The van der Waals surface area contributed by atoms with Crippen molar-refractivity contribution in [2.75, 3.05) is 0 Å². The Morgan fingerprint density at radius 3 is 1.20 bits per heavy atom. The number of hydrogen-bond acceptors (Lipinski definition) is 2. The van der Waals surface area contributed by atoms with Crippen LogP contribution in [0.2, 0.25) is 0 Å². The molecule has 0 amide bonds. The molecular formula is BiCuO2Pb. The molecule has 0 aromatic rings. The van der Waals surface area contributed by atoms with Crippen molar-refractivity contribution in [2.24, 2.45) is 0 Å². The van der Waals surface area contributed by atoms with Crippen LogP contribution in [0.5, 0.6) is 0 Å². The fourth-order valence-corrected chi connectivity index (χ4v) is 0. The molecule has 0 unspecified atom stereocenters. The third kappa shape index (κ3) is 24.6. The Labute approximate surface area is 72.0 Å². The van der Waals surface area contributed by atoms with E-state index in [1.165, 1.54) is 0 Å². The molecule has 0 rings (SSSR count). The van der Waals surface area contributed by atoms with Gasteiger partial charge in [0.05, 0.1) is 0 Å². The predicted octanol–water partition coefficient (Wildman–Crippen LogP) is -1.00. The Morgan fingerprint density at radius 2 is 1.20 bits per heavy atom. The van der Waals surface area contributed by atoms with Crippen LogP contribution in [0.25, 0.3) is 0 Å². The van der Waals surface area contributed by atoms with Crippen LogP contribution < -0.4 is 0 Å². The topological polar surface area (TPSA) is 34.1 Å². The van der Waals surface area contributed by atoms with Gasteiger partial charge < -0.3 is 0 Å². The van der Waals surface area contributed by atoms with Crippen molar-refractivity contribution < 1.29 is 22.6 Å². The summed E-state index contributed by atoms with van der Waals surface area (Å²) >= 11 is 0.250. The molecule has 0 bridgehead atoms. The van der Waals surface area contributed by atoms with E-state index in [4.69, 9.17) is 5.50 Å². The van der Waals surface area contributed by atoms with Crippen molar-refractivity contribution in [1.82, 2.24) is 0 Å². The first-order valence-corrected chi connectivity index (χ1v) is 3.39. The molecule has 0 aromatic heterocycles. The first-order chi connectivity index (χ1) is 2.00. The number of hydrogen-bond donors (Lipinski definition) is 0. The summed E-state index contributed by atoms with van der Waals surface area (Å²) in [6.45, 7) is 0. The second kappa shape index (κ2) is 38.8. The molecule has 2 nitrogen and oxygen atoms in total. The Kier molecular flexibility index (Phi) is 122. The van der Waals surface area contributed by atoms with Crippen LogP contribution in [0.4, 0.5) is 0 Å². The quantitative estimate of drug-likeness (QED) is 0.391. The van der Waals surface area contributed by atoms with Crippen LogP contribution in [0.1, 0.15) is 0 Å². The van der Waals surface area contributed by atoms with Crippen LogP contribution in [-0.2, 0) is 22.6 Å². The zero-order chi connectivity index (χ0) is 4.00.